The van der Waals surface area contributed by atoms with Gasteiger partial charge in [0.2, 0.25) is 5.91 Å². The Morgan fingerprint density at radius 3 is 2.84 bits per heavy atom. The summed E-state index contributed by atoms with van der Waals surface area (Å²) in [5, 5.41) is 6.23. The molecule has 0 radical (unpaired) electrons. The SMILES string of the molecule is O=C(NCCn1cccc1)[C@@H]1Cc2ccccc2N1. The van der Waals surface area contributed by atoms with Crippen molar-refractivity contribution in [1.29, 1.82) is 0 Å². The van der Waals surface area contributed by atoms with E-state index in [4.69, 9.17) is 0 Å². The van der Waals surface area contributed by atoms with Crippen molar-refractivity contribution in [2.45, 2.75) is 19.0 Å². The van der Waals surface area contributed by atoms with Crippen LogP contribution in [0, 0.1) is 0 Å². The molecular weight excluding hydrogens is 238 g/mol. The summed E-state index contributed by atoms with van der Waals surface area (Å²) < 4.78 is 2.05. The molecular formula is C15H17N3O. The Kier molecular flexibility index (Phi) is 3.23. The Labute approximate surface area is 112 Å². The zero-order chi connectivity index (χ0) is 13.1. The molecule has 4 nitrogen and oxygen atoms in total. The number of fused-ring (bicyclic) bond motifs is 1. The van der Waals surface area contributed by atoms with Crippen molar-refractivity contribution < 1.29 is 4.79 Å². The third-order valence-electron chi connectivity index (χ3n) is 3.42. The largest absolute Gasteiger partial charge is 0.373 e. The number of para-hydroxylation sites is 1. The number of anilines is 1. The van der Waals surface area contributed by atoms with Crippen LogP contribution in [0.2, 0.25) is 0 Å². The van der Waals surface area contributed by atoms with E-state index in [1.54, 1.807) is 0 Å². The standard InChI is InChI=1S/C15H17N3O/c19-15(16-7-10-18-8-3-4-9-18)14-11-12-5-1-2-6-13(12)17-14/h1-6,8-9,14,17H,7,10-11H2,(H,16,19)/t14-/m0/s1. The fourth-order valence-corrected chi connectivity index (χ4v) is 2.41. The summed E-state index contributed by atoms with van der Waals surface area (Å²) in [4.78, 5) is 12.1. The second-order valence-electron chi connectivity index (χ2n) is 4.77. The number of benzene rings is 1. The molecule has 0 aliphatic carbocycles. The monoisotopic (exact) mass is 255 g/mol. The Balaban J connectivity index is 1.50. The Morgan fingerprint density at radius 2 is 2.05 bits per heavy atom. The number of hydrogen-bond donors (Lipinski definition) is 2. The van der Waals surface area contributed by atoms with Crippen LogP contribution in [0.15, 0.2) is 48.8 Å². The van der Waals surface area contributed by atoms with Gasteiger partial charge in [-0.25, -0.2) is 0 Å². The molecule has 0 fully saturated rings. The van der Waals surface area contributed by atoms with Gasteiger partial charge in [-0.1, -0.05) is 18.2 Å². The molecule has 0 unspecified atom stereocenters. The zero-order valence-electron chi connectivity index (χ0n) is 10.7. The summed E-state index contributed by atoms with van der Waals surface area (Å²) in [6.45, 7) is 1.46. The Hall–Kier alpha value is -2.23. The average Bonchev–Trinajstić information content (AvgIpc) is 3.07. The molecule has 1 aromatic carbocycles. The Bertz CT molecular complexity index is 538. The maximum atomic E-state index is 12.1. The first-order valence-corrected chi connectivity index (χ1v) is 6.56. The number of amides is 1. The van der Waals surface area contributed by atoms with E-state index < -0.39 is 0 Å². The van der Waals surface area contributed by atoms with E-state index >= 15 is 0 Å². The van der Waals surface area contributed by atoms with E-state index in [2.05, 4.69) is 21.3 Å². The fourth-order valence-electron chi connectivity index (χ4n) is 2.41. The summed E-state index contributed by atoms with van der Waals surface area (Å²) >= 11 is 0. The van der Waals surface area contributed by atoms with Gasteiger partial charge in [0.05, 0.1) is 0 Å². The number of rotatable bonds is 4. The molecule has 2 N–H and O–H groups in total. The van der Waals surface area contributed by atoms with Gasteiger partial charge in [0, 0.05) is 37.6 Å². The van der Waals surface area contributed by atoms with Crippen molar-refractivity contribution in [2.24, 2.45) is 0 Å². The van der Waals surface area contributed by atoms with Crippen LogP contribution in [0.4, 0.5) is 5.69 Å². The van der Waals surface area contributed by atoms with Crippen molar-refractivity contribution in [2.75, 3.05) is 11.9 Å². The number of nitrogens with zero attached hydrogens (tertiary/aromatic N) is 1. The molecule has 1 aliphatic rings. The third kappa shape index (κ3) is 2.62. The summed E-state index contributed by atoms with van der Waals surface area (Å²) in [6.07, 6.45) is 4.76. The summed E-state index contributed by atoms with van der Waals surface area (Å²) in [5.74, 6) is 0.0726. The maximum Gasteiger partial charge on any atom is 0.242 e. The highest BCUT2D eigenvalue weighted by molar-refractivity contribution is 5.87. The van der Waals surface area contributed by atoms with Gasteiger partial charge in [0.15, 0.2) is 0 Å². The number of carbonyl (C=O) groups excluding carboxylic acids is 1. The van der Waals surface area contributed by atoms with Gasteiger partial charge in [-0.2, -0.15) is 0 Å². The number of carbonyl (C=O) groups is 1. The van der Waals surface area contributed by atoms with Crippen LogP contribution in [0.25, 0.3) is 0 Å². The fraction of sp³-hybridized carbons (Fsp3) is 0.267. The van der Waals surface area contributed by atoms with Gasteiger partial charge >= 0.3 is 0 Å². The number of nitrogens with one attached hydrogen (secondary N) is 2. The molecule has 0 saturated carbocycles. The molecule has 1 aromatic heterocycles. The van der Waals surface area contributed by atoms with Crippen LogP contribution >= 0.6 is 0 Å². The quantitative estimate of drug-likeness (QED) is 0.872. The van der Waals surface area contributed by atoms with E-state index in [9.17, 15) is 4.79 Å². The number of aromatic nitrogens is 1. The van der Waals surface area contributed by atoms with Gasteiger partial charge < -0.3 is 15.2 Å². The molecule has 0 spiro atoms. The van der Waals surface area contributed by atoms with Crippen molar-refractivity contribution in [1.82, 2.24) is 9.88 Å². The van der Waals surface area contributed by atoms with Gasteiger partial charge in [0.1, 0.15) is 6.04 Å². The second-order valence-corrected chi connectivity index (χ2v) is 4.77. The smallest absolute Gasteiger partial charge is 0.242 e. The normalized spacial score (nSPS) is 16.7. The predicted octanol–water partition coefficient (Wildman–Crippen LogP) is 1.64. The molecule has 1 amide bonds. The van der Waals surface area contributed by atoms with Crippen LogP contribution < -0.4 is 10.6 Å². The van der Waals surface area contributed by atoms with Gasteiger partial charge in [0.25, 0.3) is 0 Å². The van der Waals surface area contributed by atoms with Crippen LogP contribution in [-0.4, -0.2) is 23.1 Å². The minimum atomic E-state index is -0.137. The first-order valence-electron chi connectivity index (χ1n) is 6.56. The van der Waals surface area contributed by atoms with E-state index in [0.717, 1.165) is 18.7 Å². The van der Waals surface area contributed by atoms with Crippen molar-refractivity contribution in [3.63, 3.8) is 0 Å². The molecule has 3 rings (SSSR count). The highest BCUT2D eigenvalue weighted by Gasteiger charge is 2.25. The minimum absolute atomic E-state index is 0.0726. The topological polar surface area (TPSA) is 46.1 Å². The lowest BCUT2D eigenvalue weighted by Crippen LogP contribution is -2.39. The second kappa shape index (κ2) is 5.18. The molecule has 2 aromatic rings. The first-order chi connectivity index (χ1) is 9.33. The lowest BCUT2D eigenvalue weighted by Gasteiger charge is -2.12. The predicted molar refractivity (Wildman–Crippen MR) is 75.0 cm³/mol. The minimum Gasteiger partial charge on any atom is -0.373 e. The van der Waals surface area contributed by atoms with Crippen LogP contribution in [-0.2, 0) is 17.8 Å². The van der Waals surface area contributed by atoms with E-state index in [-0.39, 0.29) is 11.9 Å². The lowest BCUT2D eigenvalue weighted by atomic mass is 10.1. The van der Waals surface area contributed by atoms with Crippen LogP contribution in [0.3, 0.4) is 0 Å². The first kappa shape index (κ1) is 11.8. The van der Waals surface area contributed by atoms with Crippen molar-refractivity contribution in [3.8, 4) is 0 Å². The molecule has 1 atom stereocenters. The summed E-state index contributed by atoms with van der Waals surface area (Å²) in [5.41, 5.74) is 2.29. The van der Waals surface area contributed by atoms with Gasteiger partial charge in [-0.3, -0.25) is 4.79 Å². The Morgan fingerprint density at radius 1 is 1.26 bits per heavy atom. The van der Waals surface area contributed by atoms with Crippen molar-refractivity contribution in [3.05, 3.63) is 54.4 Å². The molecule has 1 aliphatic heterocycles. The molecule has 0 bridgehead atoms. The van der Waals surface area contributed by atoms with Crippen molar-refractivity contribution >= 4 is 11.6 Å². The van der Waals surface area contributed by atoms with Crippen LogP contribution in [0.1, 0.15) is 5.56 Å². The lowest BCUT2D eigenvalue weighted by molar-refractivity contribution is -0.121. The maximum absolute atomic E-state index is 12.1. The third-order valence-corrected chi connectivity index (χ3v) is 3.42. The molecule has 98 valence electrons. The van der Waals surface area contributed by atoms with E-state index in [1.807, 2.05) is 42.7 Å². The highest BCUT2D eigenvalue weighted by Crippen LogP contribution is 2.24. The van der Waals surface area contributed by atoms with E-state index in [0.29, 0.717) is 6.54 Å². The van der Waals surface area contributed by atoms with Crippen LogP contribution in [0.5, 0.6) is 0 Å². The average molecular weight is 255 g/mol. The molecule has 4 heteroatoms. The molecule has 2 heterocycles. The molecule has 19 heavy (non-hydrogen) atoms. The summed E-state index contributed by atoms with van der Waals surface area (Å²) in [6, 6.07) is 11.9. The highest BCUT2D eigenvalue weighted by atomic mass is 16.2. The van der Waals surface area contributed by atoms with Gasteiger partial charge in [-0.15, -0.1) is 0 Å². The number of hydrogen-bond acceptors (Lipinski definition) is 2. The summed E-state index contributed by atoms with van der Waals surface area (Å²) in [7, 11) is 0. The molecule has 0 saturated heterocycles. The van der Waals surface area contributed by atoms with Gasteiger partial charge in [-0.05, 0) is 23.8 Å². The zero-order valence-corrected chi connectivity index (χ0v) is 10.7. The van der Waals surface area contributed by atoms with E-state index in [1.165, 1.54) is 5.56 Å².